The van der Waals surface area contributed by atoms with Crippen molar-refractivity contribution in [3.63, 3.8) is 0 Å². The number of fused-ring (bicyclic) bond motifs is 6. The van der Waals surface area contributed by atoms with Gasteiger partial charge in [-0.1, -0.05) is 77.9 Å². The fourth-order valence-electron chi connectivity index (χ4n) is 5.78. The summed E-state index contributed by atoms with van der Waals surface area (Å²) in [5.74, 6) is 1.06. The second kappa shape index (κ2) is 7.12. The molecule has 2 aromatic heterocycles. The van der Waals surface area contributed by atoms with E-state index >= 15 is 0 Å². The lowest BCUT2D eigenvalue weighted by Gasteiger charge is -2.30. The zero-order valence-corrected chi connectivity index (χ0v) is 21.0. The van der Waals surface area contributed by atoms with Gasteiger partial charge in [-0.25, -0.2) is 0 Å². The van der Waals surface area contributed by atoms with Gasteiger partial charge in [-0.2, -0.15) is 0 Å². The van der Waals surface area contributed by atoms with Crippen LogP contribution in [0.25, 0.3) is 44.1 Å². The molecule has 172 valence electrons. The summed E-state index contributed by atoms with van der Waals surface area (Å²) in [5.41, 5.74) is 9.53. The molecule has 3 aromatic carbocycles. The minimum atomic E-state index is -0.0411. The van der Waals surface area contributed by atoms with Gasteiger partial charge in [-0.05, 0) is 64.6 Å². The smallest absolute Gasteiger partial charge is 0.136 e. The molecule has 0 radical (unpaired) electrons. The summed E-state index contributed by atoms with van der Waals surface area (Å²) in [4.78, 5) is 0. The summed E-state index contributed by atoms with van der Waals surface area (Å²) in [6.45, 7) is 13.7. The van der Waals surface area contributed by atoms with E-state index in [4.69, 9.17) is 8.83 Å². The van der Waals surface area contributed by atoms with Crippen molar-refractivity contribution in [3.8, 4) is 0 Å². The highest BCUT2D eigenvalue weighted by Crippen LogP contribution is 2.49. The first-order chi connectivity index (χ1) is 16.1. The molecule has 0 amide bonds. The lowest BCUT2D eigenvalue weighted by molar-refractivity contribution is 0.517. The third kappa shape index (κ3) is 3.15. The van der Waals surface area contributed by atoms with Gasteiger partial charge in [0.1, 0.15) is 22.5 Å². The van der Waals surface area contributed by atoms with E-state index in [1.165, 1.54) is 44.0 Å². The van der Waals surface area contributed by atoms with Crippen LogP contribution in [0.4, 0.5) is 0 Å². The van der Waals surface area contributed by atoms with Gasteiger partial charge < -0.3 is 8.83 Å². The van der Waals surface area contributed by atoms with Gasteiger partial charge in [0.25, 0.3) is 0 Å². The van der Waals surface area contributed by atoms with Crippen LogP contribution < -0.4 is 0 Å². The van der Waals surface area contributed by atoms with E-state index in [0.717, 1.165) is 35.4 Å². The van der Waals surface area contributed by atoms with Crippen molar-refractivity contribution in [2.45, 2.75) is 59.8 Å². The molecule has 2 heterocycles. The van der Waals surface area contributed by atoms with Crippen molar-refractivity contribution in [2.24, 2.45) is 5.41 Å². The predicted octanol–water partition coefficient (Wildman–Crippen LogP) is 9.53. The van der Waals surface area contributed by atoms with E-state index in [0.29, 0.717) is 0 Å². The number of allylic oxidation sites excluding steroid dienone is 2. The molecule has 0 fully saturated rings. The van der Waals surface area contributed by atoms with Gasteiger partial charge in [0.2, 0.25) is 0 Å². The largest absolute Gasteiger partial charge is 0.456 e. The van der Waals surface area contributed by atoms with Crippen molar-refractivity contribution in [1.29, 1.82) is 0 Å². The normalized spacial score (nSPS) is 15.0. The summed E-state index contributed by atoms with van der Waals surface area (Å²) < 4.78 is 12.9. The molecule has 0 atom stereocenters. The maximum Gasteiger partial charge on any atom is 0.136 e. The Kier molecular flexibility index (Phi) is 4.46. The Morgan fingerprint density at radius 1 is 0.647 bits per heavy atom. The summed E-state index contributed by atoms with van der Waals surface area (Å²) in [6.07, 6.45) is 2.00. The molecule has 0 saturated carbocycles. The third-order valence-electron chi connectivity index (χ3n) is 7.26. The van der Waals surface area contributed by atoms with E-state index in [2.05, 4.69) is 102 Å². The average molecular weight is 449 g/mol. The van der Waals surface area contributed by atoms with Crippen molar-refractivity contribution < 1.29 is 8.83 Å². The minimum Gasteiger partial charge on any atom is -0.456 e. The second-order valence-corrected chi connectivity index (χ2v) is 11.8. The summed E-state index contributed by atoms with van der Waals surface area (Å²) >= 11 is 0. The Balaban J connectivity index is 1.60. The van der Waals surface area contributed by atoms with Crippen LogP contribution >= 0.6 is 0 Å². The summed E-state index contributed by atoms with van der Waals surface area (Å²) in [7, 11) is 0. The fourth-order valence-corrected chi connectivity index (χ4v) is 5.78. The Bertz CT molecular complexity index is 1610. The lowest BCUT2D eigenvalue weighted by Crippen LogP contribution is -2.15. The number of benzene rings is 3. The Hall–Kier alpha value is -3.26. The molecule has 0 aliphatic heterocycles. The molecule has 2 nitrogen and oxygen atoms in total. The number of para-hydroxylation sites is 1. The van der Waals surface area contributed by atoms with Crippen molar-refractivity contribution in [2.75, 3.05) is 0 Å². The lowest BCUT2D eigenvalue weighted by atomic mass is 9.74. The Morgan fingerprint density at radius 2 is 1.41 bits per heavy atom. The van der Waals surface area contributed by atoms with Crippen LogP contribution in [0.1, 0.15) is 70.4 Å². The van der Waals surface area contributed by atoms with Crippen LogP contribution in [0.5, 0.6) is 0 Å². The van der Waals surface area contributed by atoms with Gasteiger partial charge in [-0.15, -0.1) is 0 Å². The van der Waals surface area contributed by atoms with Crippen molar-refractivity contribution in [3.05, 3.63) is 83.1 Å². The highest BCUT2D eigenvalue weighted by atomic mass is 16.3. The first-order valence-electron chi connectivity index (χ1n) is 12.3. The molecule has 0 unspecified atom stereocenters. The van der Waals surface area contributed by atoms with Crippen LogP contribution in [-0.2, 0) is 11.8 Å². The zero-order valence-electron chi connectivity index (χ0n) is 21.0. The van der Waals surface area contributed by atoms with Gasteiger partial charge in [0, 0.05) is 27.3 Å². The van der Waals surface area contributed by atoms with E-state index in [9.17, 15) is 0 Å². The van der Waals surface area contributed by atoms with E-state index in [-0.39, 0.29) is 10.8 Å². The van der Waals surface area contributed by atoms with Crippen LogP contribution in [-0.4, -0.2) is 0 Å². The molecule has 34 heavy (non-hydrogen) atoms. The van der Waals surface area contributed by atoms with Crippen LogP contribution in [0.2, 0.25) is 0 Å². The highest BCUT2D eigenvalue weighted by Gasteiger charge is 2.33. The van der Waals surface area contributed by atoms with Gasteiger partial charge >= 0.3 is 0 Å². The van der Waals surface area contributed by atoms with Gasteiger partial charge in [-0.3, -0.25) is 0 Å². The average Bonchev–Trinajstić information content (AvgIpc) is 3.34. The Morgan fingerprint density at radius 3 is 2.18 bits per heavy atom. The summed E-state index contributed by atoms with van der Waals surface area (Å²) in [6, 6.07) is 21.7. The van der Waals surface area contributed by atoms with Crippen molar-refractivity contribution >= 4 is 44.1 Å². The quantitative estimate of drug-likeness (QED) is 0.255. The summed E-state index contributed by atoms with van der Waals surface area (Å²) in [5, 5.41) is 3.69. The zero-order chi connectivity index (χ0) is 23.8. The SMILES string of the molecule is CC(C)(C)C1=C(c2ccc3c(c2)oc2cccc(C(C)(C)C)c23)CCc2c1oc1ccccc21. The van der Waals surface area contributed by atoms with Crippen LogP contribution in [0.3, 0.4) is 0 Å². The molecular formula is C32H32O2. The number of rotatable bonds is 1. The molecule has 1 aliphatic rings. The predicted molar refractivity (Wildman–Crippen MR) is 143 cm³/mol. The number of furan rings is 2. The van der Waals surface area contributed by atoms with Crippen LogP contribution in [0.15, 0.2) is 69.5 Å². The monoisotopic (exact) mass is 448 g/mol. The molecular weight excluding hydrogens is 416 g/mol. The standard InChI is InChI=1S/C32H32O2/c1-31(2,3)24-11-9-13-26-28(24)23-15-14-19(18-27(23)33-26)20-16-17-22-21-10-7-8-12-25(21)34-30(22)29(20)32(4,5)6/h7-15,18H,16-17H2,1-6H3. The second-order valence-electron chi connectivity index (χ2n) is 11.8. The molecule has 0 N–H and O–H groups in total. The van der Waals surface area contributed by atoms with E-state index < -0.39 is 0 Å². The topological polar surface area (TPSA) is 26.3 Å². The molecule has 0 spiro atoms. The molecule has 0 saturated heterocycles. The molecule has 1 aliphatic carbocycles. The van der Waals surface area contributed by atoms with Gasteiger partial charge in [0.05, 0.1) is 0 Å². The van der Waals surface area contributed by atoms with Crippen molar-refractivity contribution in [1.82, 2.24) is 0 Å². The van der Waals surface area contributed by atoms with Gasteiger partial charge in [0.15, 0.2) is 0 Å². The molecule has 2 heteroatoms. The van der Waals surface area contributed by atoms with E-state index in [1.807, 2.05) is 0 Å². The van der Waals surface area contributed by atoms with E-state index in [1.54, 1.807) is 0 Å². The first-order valence-corrected chi connectivity index (χ1v) is 12.3. The molecule has 5 aromatic rings. The maximum atomic E-state index is 6.49. The molecule has 6 rings (SSSR count). The number of hydrogen-bond donors (Lipinski definition) is 0. The highest BCUT2D eigenvalue weighted by molar-refractivity contribution is 6.08. The molecule has 0 bridgehead atoms. The third-order valence-corrected chi connectivity index (χ3v) is 7.26. The first kappa shape index (κ1) is 21.3. The van der Waals surface area contributed by atoms with Crippen LogP contribution in [0, 0.1) is 5.41 Å². The number of aryl methyl sites for hydroxylation is 1. The fraction of sp³-hybridized carbons (Fsp3) is 0.312. The minimum absolute atomic E-state index is 0.0411. The maximum absolute atomic E-state index is 6.49. The Labute approximate surface area is 201 Å². The number of hydrogen-bond acceptors (Lipinski definition) is 2.